The number of hydrogen-bond acceptors (Lipinski definition) is 5. The van der Waals surface area contributed by atoms with E-state index in [9.17, 15) is 14.4 Å². The van der Waals surface area contributed by atoms with Crippen LogP contribution in [0.2, 0.25) is 0 Å². The second-order valence-electron chi connectivity index (χ2n) is 10.8. The summed E-state index contributed by atoms with van der Waals surface area (Å²) in [6.07, 6.45) is 0.808. The third kappa shape index (κ3) is 6.42. The van der Waals surface area contributed by atoms with Gasteiger partial charge < -0.3 is 20.4 Å². The zero-order valence-corrected chi connectivity index (χ0v) is 23.0. The minimum atomic E-state index is -0.698. The van der Waals surface area contributed by atoms with Crippen molar-refractivity contribution in [3.05, 3.63) is 71.3 Å². The molecule has 3 amide bonds. The van der Waals surface area contributed by atoms with Gasteiger partial charge in [0.05, 0.1) is 6.04 Å². The molecule has 38 heavy (non-hydrogen) atoms. The van der Waals surface area contributed by atoms with Crippen molar-refractivity contribution in [3.63, 3.8) is 0 Å². The molecule has 2 aromatic rings. The van der Waals surface area contributed by atoms with E-state index in [2.05, 4.69) is 39.8 Å². The number of rotatable bonds is 8. The first kappa shape index (κ1) is 27.8. The summed E-state index contributed by atoms with van der Waals surface area (Å²) in [5, 5.41) is 5.87. The topological polar surface area (TPSA) is 85.0 Å². The van der Waals surface area contributed by atoms with E-state index in [-0.39, 0.29) is 23.6 Å². The van der Waals surface area contributed by atoms with Gasteiger partial charge in [0.2, 0.25) is 17.7 Å². The van der Waals surface area contributed by atoms with Gasteiger partial charge in [0.15, 0.2) is 0 Å². The maximum Gasteiger partial charge on any atom is 0.247 e. The maximum absolute atomic E-state index is 14.1. The Hall–Kier alpha value is -3.23. The molecule has 2 N–H and O–H groups in total. The zero-order valence-electron chi connectivity index (χ0n) is 23.0. The number of amides is 3. The highest BCUT2D eigenvalue weighted by atomic mass is 16.2. The van der Waals surface area contributed by atoms with Crippen LogP contribution >= 0.6 is 0 Å². The molecule has 2 aliphatic heterocycles. The van der Waals surface area contributed by atoms with Gasteiger partial charge in [-0.3, -0.25) is 19.3 Å². The van der Waals surface area contributed by atoms with Crippen LogP contribution in [0.15, 0.2) is 54.6 Å². The number of nitrogens with zero attached hydrogens (tertiary/aromatic N) is 3. The van der Waals surface area contributed by atoms with Crippen LogP contribution in [0.1, 0.15) is 37.5 Å². The van der Waals surface area contributed by atoms with Crippen LogP contribution in [-0.2, 0) is 33.9 Å². The lowest BCUT2D eigenvalue weighted by Crippen LogP contribution is -2.65. The van der Waals surface area contributed by atoms with E-state index in [4.69, 9.17) is 0 Å². The average Bonchev–Trinajstić information content (AvgIpc) is 2.94. The molecular weight excluding hydrogens is 478 g/mol. The van der Waals surface area contributed by atoms with Crippen LogP contribution in [-0.4, -0.2) is 83.8 Å². The molecule has 1 saturated heterocycles. The van der Waals surface area contributed by atoms with Gasteiger partial charge in [-0.2, -0.15) is 0 Å². The molecule has 2 heterocycles. The molecule has 2 aliphatic rings. The van der Waals surface area contributed by atoms with Crippen molar-refractivity contribution in [1.29, 1.82) is 0 Å². The number of carbonyl (C=O) groups is 3. The van der Waals surface area contributed by atoms with Crippen LogP contribution in [0.25, 0.3) is 0 Å². The fourth-order valence-electron chi connectivity index (χ4n) is 5.30. The standard InChI is InChI=1S/C30H41N5O3/c1-21(2)27(32-28(36)22(3)31-4)30(38)35-17-16-33(18-23-10-6-5-7-11-23)20-26(35)29(37)34-15-14-24-12-8-9-13-25(24)19-34/h5-13,21-22,26-27,31H,14-20H2,1-4H3,(H,32,36)/t22-,26-,27-/m0/s1. The Morgan fingerprint density at radius 3 is 2.29 bits per heavy atom. The van der Waals surface area contributed by atoms with Crippen molar-refractivity contribution in [2.45, 2.75) is 58.4 Å². The Morgan fingerprint density at radius 2 is 1.61 bits per heavy atom. The number of likely N-dealkylation sites (N-methyl/N-ethyl adjacent to an activating group) is 1. The predicted molar refractivity (Wildman–Crippen MR) is 148 cm³/mol. The van der Waals surface area contributed by atoms with Crippen molar-refractivity contribution < 1.29 is 14.4 Å². The van der Waals surface area contributed by atoms with E-state index in [1.807, 2.05) is 49.1 Å². The zero-order chi connectivity index (χ0) is 27.2. The molecule has 0 saturated carbocycles. The van der Waals surface area contributed by atoms with Crippen molar-refractivity contribution in [2.75, 3.05) is 33.2 Å². The van der Waals surface area contributed by atoms with Gasteiger partial charge in [-0.25, -0.2) is 0 Å². The summed E-state index contributed by atoms with van der Waals surface area (Å²) in [6.45, 7) is 9.09. The number of benzene rings is 2. The highest BCUT2D eigenvalue weighted by molar-refractivity contribution is 5.93. The minimum absolute atomic E-state index is 0.0250. The molecule has 1 fully saturated rings. The lowest BCUT2D eigenvalue weighted by Gasteiger charge is -2.44. The summed E-state index contributed by atoms with van der Waals surface area (Å²) in [5.41, 5.74) is 3.62. The van der Waals surface area contributed by atoms with Crippen molar-refractivity contribution in [1.82, 2.24) is 25.3 Å². The Bertz CT molecular complexity index is 1120. The molecule has 3 atom stereocenters. The molecule has 8 nitrogen and oxygen atoms in total. The Balaban J connectivity index is 1.56. The molecule has 204 valence electrons. The van der Waals surface area contributed by atoms with Crippen LogP contribution in [0.5, 0.6) is 0 Å². The van der Waals surface area contributed by atoms with Gasteiger partial charge >= 0.3 is 0 Å². The Labute approximate surface area is 226 Å². The lowest BCUT2D eigenvalue weighted by molar-refractivity contribution is -0.152. The van der Waals surface area contributed by atoms with E-state index in [1.165, 1.54) is 11.1 Å². The summed E-state index contributed by atoms with van der Waals surface area (Å²) in [6, 6.07) is 16.7. The summed E-state index contributed by atoms with van der Waals surface area (Å²) in [5.74, 6) is -0.553. The highest BCUT2D eigenvalue weighted by Crippen LogP contribution is 2.23. The molecular formula is C30H41N5O3. The Morgan fingerprint density at radius 1 is 0.921 bits per heavy atom. The summed E-state index contributed by atoms with van der Waals surface area (Å²) in [7, 11) is 1.72. The number of piperazine rings is 1. The molecule has 0 aromatic heterocycles. The molecule has 4 rings (SSSR count). The molecule has 8 heteroatoms. The van der Waals surface area contributed by atoms with E-state index < -0.39 is 18.1 Å². The first-order valence-electron chi connectivity index (χ1n) is 13.7. The first-order chi connectivity index (χ1) is 18.3. The van der Waals surface area contributed by atoms with Gasteiger partial charge in [0.1, 0.15) is 12.1 Å². The fourth-order valence-corrected chi connectivity index (χ4v) is 5.30. The molecule has 2 aromatic carbocycles. The number of fused-ring (bicyclic) bond motifs is 1. The summed E-state index contributed by atoms with van der Waals surface area (Å²) >= 11 is 0. The minimum Gasteiger partial charge on any atom is -0.343 e. The SMILES string of the molecule is CN[C@@H](C)C(=O)N[C@H](C(=O)N1CCN(Cc2ccccc2)C[C@H]1C(=O)N1CCc2ccccc2C1)C(C)C. The largest absolute Gasteiger partial charge is 0.343 e. The van der Waals surface area contributed by atoms with Gasteiger partial charge in [-0.05, 0) is 43.0 Å². The van der Waals surface area contributed by atoms with Gasteiger partial charge in [0.25, 0.3) is 0 Å². The number of carbonyl (C=O) groups excluding carboxylic acids is 3. The van der Waals surface area contributed by atoms with Gasteiger partial charge in [-0.15, -0.1) is 0 Å². The van der Waals surface area contributed by atoms with Crippen LogP contribution in [0.4, 0.5) is 0 Å². The molecule has 0 aliphatic carbocycles. The molecule has 0 bridgehead atoms. The Kier molecular flexibility index (Phi) is 9.17. The second-order valence-corrected chi connectivity index (χ2v) is 10.8. The average molecular weight is 520 g/mol. The van der Waals surface area contributed by atoms with Crippen molar-refractivity contribution in [3.8, 4) is 0 Å². The molecule has 0 unspecified atom stereocenters. The maximum atomic E-state index is 14.1. The van der Waals surface area contributed by atoms with Crippen LogP contribution < -0.4 is 10.6 Å². The van der Waals surface area contributed by atoms with Crippen molar-refractivity contribution in [2.24, 2.45) is 5.92 Å². The smallest absolute Gasteiger partial charge is 0.247 e. The van der Waals surface area contributed by atoms with Crippen molar-refractivity contribution >= 4 is 17.7 Å². The van der Waals surface area contributed by atoms with E-state index in [1.54, 1.807) is 18.9 Å². The monoisotopic (exact) mass is 519 g/mol. The van der Waals surface area contributed by atoms with Gasteiger partial charge in [-0.1, -0.05) is 68.4 Å². The predicted octanol–water partition coefficient (Wildman–Crippen LogP) is 2.03. The first-order valence-corrected chi connectivity index (χ1v) is 13.7. The highest BCUT2D eigenvalue weighted by Gasteiger charge is 2.41. The van der Waals surface area contributed by atoms with E-state index >= 15 is 0 Å². The lowest BCUT2D eigenvalue weighted by atomic mass is 9.97. The van der Waals surface area contributed by atoms with E-state index in [0.717, 1.165) is 18.5 Å². The normalized spacial score (nSPS) is 19.6. The molecule has 0 radical (unpaired) electrons. The summed E-state index contributed by atoms with van der Waals surface area (Å²) < 4.78 is 0. The number of hydrogen-bond donors (Lipinski definition) is 2. The quantitative estimate of drug-likeness (QED) is 0.558. The van der Waals surface area contributed by atoms with Crippen LogP contribution in [0, 0.1) is 5.92 Å². The van der Waals surface area contributed by atoms with Crippen LogP contribution in [0.3, 0.4) is 0 Å². The van der Waals surface area contributed by atoms with Gasteiger partial charge in [0, 0.05) is 39.3 Å². The second kappa shape index (κ2) is 12.5. The molecule has 0 spiro atoms. The number of nitrogens with one attached hydrogen (secondary N) is 2. The fraction of sp³-hybridized carbons (Fsp3) is 0.500. The third-order valence-corrected chi connectivity index (χ3v) is 7.78. The summed E-state index contributed by atoms with van der Waals surface area (Å²) in [4.78, 5) is 46.6. The van der Waals surface area contributed by atoms with E-state index in [0.29, 0.717) is 32.7 Å². The third-order valence-electron chi connectivity index (χ3n) is 7.78.